The molecular weight excluding hydrogens is 276 g/mol. The number of methoxy groups -OCH3 is 1. The lowest BCUT2D eigenvalue weighted by Gasteiger charge is -2.15. The number of nitrogens with one attached hydrogen (secondary N) is 2. The maximum Gasteiger partial charge on any atom is 0.242 e. The maximum atomic E-state index is 11.5. The van der Waals surface area contributed by atoms with Gasteiger partial charge in [0.05, 0.1) is 11.4 Å². The predicted octanol–water partition coefficient (Wildman–Crippen LogP) is 0.427. The van der Waals surface area contributed by atoms with Crippen LogP contribution in [0.5, 0.6) is 0 Å². The van der Waals surface area contributed by atoms with Gasteiger partial charge in [-0.1, -0.05) is 22.9 Å². The van der Waals surface area contributed by atoms with Gasteiger partial charge in [0, 0.05) is 13.7 Å². The van der Waals surface area contributed by atoms with Crippen molar-refractivity contribution < 1.29 is 14.3 Å². The van der Waals surface area contributed by atoms with Crippen LogP contribution < -0.4 is 10.6 Å². The van der Waals surface area contributed by atoms with Crippen LogP contribution in [0, 0.1) is 0 Å². The Kier molecular flexibility index (Phi) is 8.19. The van der Waals surface area contributed by atoms with Crippen LogP contribution in [0.3, 0.4) is 0 Å². The molecule has 0 fully saturated rings. The van der Waals surface area contributed by atoms with E-state index in [1.807, 2.05) is 6.92 Å². The molecule has 0 aliphatic carbocycles. The Morgan fingerprint density at radius 2 is 2.00 bits per heavy atom. The molecule has 0 aromatic heterocycles. The molecular formula is C10H19BrN2O3. The second-order valence-corrected chi connectivity index (χ2v) is 4.50. The number of rotatable bonds is 7. The van der Waals surface area contributed by atoms with Crippen molar-refractivity contribution in [3.8, 4) is 0 Å². The van der Waals surface area contributed by atoms with Gasteiger partial charge in [0.15, 0.2) is 0 Å². The molecule has 0 saturated carbocycles. The number of alkyl halides is 1. The number of ether oxygens (including phenoxy) is 1. The molecule has 0 aromatic carbocycles. The minimum atomic E-state index is -0.532. The van der Waals surface area contributed by atoms with Crippen LogP contribution in [0.4, 0.5) is 0 Å². The van der Waals surface area contributed by atoms with Crippen LogP contribution in [0.1, 0.15) is 20.3 Å². The summed E-state index contributed by atoms with van der Waals surface area (Å²) in [6, 6.07) is -0.532. The first-order valence-corrected chi connectivity index (χ1v) is 6.15. The van der Waals surface area contributed by atoms with E-state index in [4.69, 9.17) is 4.74 Å². The zero-order valence-corrected chi connectivity index (χ0v) is 11.5. The van der Waals surface area contributed by atoms with Crippen molar-refractivity contribution in [2.24, 2.45) is 0 Å². The molecule has 0 radical (unpaired) electrons. The molecule has 0 aliphatic heterocycles. The summed E-state index contributed by atoms with van der Waals surface area (Å²) in [5.74, 6) is -0.377. The monoisotopic (exact) mass is 294 g/mol. The summed E-state index contributed by atoms with van der Waals surface area (Å²) in [4.78, 5) is 22.7. The Morgan fingerprint density at radius 3 is 2.50 bits per heavy atom. The molecule has 0 bridgehead atoms. The zero-order chi connectivity index (χ0) is 12.6. The summed E-state index contributed by atoms with van der Waals surface area (Å²) >= 11 is 3.22. The second kappa shape index (κ2) is 8.52. The highest BCUT2D eigenvalue weighted by molar-refractivity contribution is 9.10. The Morgan fingerprint density at radius 1 is 1.38 bits per heavy atom. The van der Waals surface area contributed by atoms with Crippen LogP contribution in [-0.4, -0.2) is 42.9 Å². The molecule has 0 rings (SSSR count). The number of carbonyl (C=O) groups is 2. The van der Waals surface area contributed by atoms with Crippen molar-refractivity contribution in [1.82, 2.24) is 10.6 Å². The van der Waals surface area contributed by atoms with E-state index in [1.165, 1.54) is 0 Å². The fraction of sp³-hybridized carbons (Fsp3) is 0.800. The molecule has 0 aromatic rings. The van der Waals surface area contributed by atoms with Crippen molar-refractivity contribution in [2.75, 3.05) is 20.3 Å². The number of halogens is 1. The molecule has 2 unspecified atom stereocenters. The van der Waals surface area contributed by atoms with Crippen LogP contribution in [0.25, 0.3) is 0 Å². The highest BCUT2D eigenvalue weighted by atomic mass is 79.9. The van der Waals surface area contributed by atoms with E-state index in [-0.39, 0.29) is 16.6 Å². The normalized spacial score (nSPS) is 14.0. The topological polar surface area (TPSA) is 67.4 Å². The summed E-state index contributed by atoms with van der Waals surface area (Å²) < 4.78 is 4.80. The Hall–Kier alpha value is -0.620. The van der Waals surface area contributed by atoms with Crippen LogP contribution in [0.15, 0.2) is 0 Å². The van der Waals surface area contributed by atoms with Gasteiger partial charge >= 0.3 is 0 Å². The fourth-order valence-electron chi connectivity index (χ4n) is 0.984. The third kappa shape index (κ3) is 6.07. The standard InChI is InChI=1S/C10H19BrN2O3/c1-4-8(11)10(15)13-7(2)9(14)12-5-6-16-3/h7-8H,4-6H2,1-3H3,(H,12,14)(H,13,15). The quantitative estimate of drug-likeness (QED) is 0.528. The molecule has 0 saturated heterocycles. The fourth-order valence-corrected chi connectivity index (χ4v) is 1.12. The summed E-state index contributed by atoms with van der Waals surface area (Å²) in [6.07, 6.45) is 0.684. The Labute approximate surface area is 104 Å². The van der Waals surface area contributed by atoms with E-state index >= 15 is 0 Å². The SMILES string of the molecule is CCC(Br)C(=O)NC(C)C(=O)NCCOC. The molecule has 16 heavy (non-hydrogen) atoms. The first-order valence-electron chi connectivity index (χ1n) is 5.24. The lowest BCUT2D eigenvalue weighted by molar-refractivity contribution is -0.128. The zero-order valence-electron chi connectivity index (χ0n) is 9.88. The van der Waals surface area contributed by atoms with E-state index in [2.05, 4.69) is 26.6 Å². The van der Waals surface area contributed by atoms with Gasteiger partial charge in [-0.3, -0.25) is 9.59 Å². The van der Waals surface area contributed by atoms with E-state index in [0.29, 0.717) is 19.6 Å². The van der Waals surface area contributed by atoms with E-state index < -0.39 is 6.04 Å². The largest absolute Gasteiger partial charge is 0.383 e. The van der Waals surface area contributed by atoms with E-state index in [0.717, 1.165) is 0 Å². The maximum absolute atomic E-state index is 11.5. The lowest BCUT2D eigenvalue weighted by Crippen LogP contribution is -2.47. The number of hydrogen-bond acceptors (Lipinski definition) is 3. The molecule has 0 spiro atoms. The van der Waals surface area contributed by atoms with Crippen LogP contribution >= 0.6 is 15.9 Å². The highest BCUT2D eigenvalue weighted by Gasteiger charge is 2.18. The molecule has 0 heterocycles. The highest BCUT2D eigenvalue weighted by Crippen LogP contribution is 2.04. The molecule has 0 aliphatic rings. The van der Waals surface area contributed by atoms with Gasteiger partial charge in [-0.25, -0.2) is 0 Å². The summed E-state index contributed by atoms with van der Waals surface area (Å²) in [5.41, 5.74) is 0. The molecule has 2 atom stereocenters. The molecule has 94 valence electrons. The number of carbonyl (C=O) groups excluding carboxylic acids is 2. The Balaban J connectivity index is 3.91. The van der Waals surface area contributed by atoms with Gasteiger partial charge in [0.25, 0.3) is 0 Å². The van der Waals surface area contributed by atoms with Crippen LogP contribution in [-0.2, 0) is 14.3 Å². The van der Waals surface area contributed by atoms with Gasteiger partial charge in [-0.2, -0.15) is 0 Å². The average molecular weight is 295 g/mol. The van der Waals surface area contributed by atoms with E-state index in [1.54, 1.807) is 14.0 Å². The van der Waals surface area contributed by atoms with E-state index in [9.17, 15) is 9.59 Å². The first kappa shape index (κ1) is 15.4. The molecule has 6 heteroatoms. The Bertz CT molecular complexity index is 236. The molecule has 2 N–H and O–H groups in total. The van der Waals surface area contributed by atoms with Crippen molar-refractivity contribution >= 4 is 27.7 Å². The smallest absolute Gasteiger partial charge is 0.242 e. The van der Waals surface area contributed by atoms with Gasteiger partial charge in [0.2, 0.25) is 11.8 Å². The average Bonchev–Trinajstić information content (AvgIpc) is 2.27. The van der Waals surface area contributed by atoms with Crippen molar-refractivity contribution in [3.63, 3.8) is 0 Å². The summed E-state index contributed by atoms with van der Waals surface area (Å²) in [5, 5.41) is 5.27. The van der Waals surface area contributed by atoms with Crippen LogP contribution in [0.2, 0.25) is 0 Å². The third-order valence-corrected chi connectivity index (χ3v) is 3.06. The minimum absolute atomic E-state index is 0.170. The van der Waals surface area contributed by atoms with Crippen molar-refractivity contribution in [1.29, 1.82) is 0 Å². The van der Waals surface area contributed by atoms with Crippen molar-refractivity contribution in [3.05, 3.63) is 0 Å². The predicted molar refractivity (Wildman–Crippen MR) is 65.5 cm³/mol. The number of hydrogen-bond donors (Lipinski definition) is 2. The van der Waals surface area contributed by atoms with Gasteiger partial charge < -0.3 is 15.4 Å². The second-order valence-electron chi connectivity index (χ2n) is 3.39. The molecule has 2 amide bonds. The lowest BCUT2D eigenvalue weighted by atomic mass is 10.2. The van der Waals surface area contributed by atoms with Gasteiger partial charge in [-0.15, -0.1) is 0 Å². The third-order valence-electron chi connectivity index (χ3n) is 2.00. The van der Waals surface area contributed by atoms with Gasteiger partial charge in [0.1, 0.15) is 6.04 Å². The van der Waals surface area contributed by atoms with Crippen molar-refractivity contribution in [2.45, 2.75) is 31.1 Å². The molecule has 5 nitrogen and oxygen atoms in total. The number of amides is 2. The van der Waals surface area contributed by atoms with Gasteiger partial charge in [-0.05, 0) is 13.3 Å². The first-order chi connectivity index (χ1) is 7.52. The summed E-state index contributed by atoms with van der Waals surface area (Å²) in [7, 11) is 1.56. The minimum Gasteiger partial charge on any atom is -0.383 e. The summed E-state index contributed by atoms with van der Waals surface area (Å²) in [6.45, 7) is 4.45.